The van der Waals surface area contributed by atoms with Gasteiger partial charge in [0, 0.05) is 31.9 Å². The molecule has 1 aromatic carbocycles. The zero-order chi connectivity index (χ0) is 17.2. The van der Waals surface area contributed by atoms with Gasteiger partial charge in [0.25, 0.3) is 5.91 Å². The molecule has 0 aliphatic carbocycles. The zero-order valence-electron chi connectivity index (χ0n) is 13.1. The minimum Gasteiger partial charge on any atom is -0.345 e. The Bertz CT molecular complexity index is 813. The molecule has 0 atom stereocenters. The number of carbonyl (C=O) groups excluding carboxylic acids is 1. The summed E-state index contributed by atoms with van der Waals surface area (Å²) in [4.78, 5) is 14.1. The van der Waals surface area contributed by atoms with Crippen LogP contribution in [0.25, 0.3) is 0 Å². The average molecular weight is 356 g/mol. The number of aryl methyl sites for hydroxylation is 1. The SMILES string of the molecule is CNS(=O)(=O)c1cc(C(=O)N(C)Cc2ccc(Cl)cc2)n(C)c1. The average Bonchev–Trinajstić information content (AvgIpc) is 2.91. The number of sulfonamides is 1. The maximum Gasteiger partial charge on any atom is 0.270 e. The molecule has 0 radical (unpaired) electrons. The van der Waals surface area contributed by atoms with Crippen molar-refractivity contribution in [2.75, 3.05) is 14.1 Å². The Hall–Kier alpha value is -1.83. The number of amides is 1. The first-order valence-corrected chi connectivity index (χ1v) is 8.70. The Kier molecular flexibility index (Phi) is 5.13. The van der Waals surface area contributed by atoms with Gasteiger partial charge in [-0.25, -0.2) is 13.1 Å². The van der Waals surface area contributed by atoms with Gasteiger partial charge in [-0.15, -0.1) is 0 Å². The van der Waals surface area contributed by atoms with E-state index in [9.17, 15) is 13.2 Å². The second kappa shape index (κ2) is 6.74. The van der Waals surface area contributed by atoms with E-state index in [4.69, 9.17) is 11.6 Å². The van der Waals surface area contributed by atoms with Crippen molar-refractivity contribution in [3.8, 4) is 0 Å². The van der Waals surface area contributed by atoms with Gasteiger partial charge in [0.2, 0.25) is 10.0 Å². The van der Waals surface area contributed by atoms with E-state index in [1.807, 2.05) is 12.1 Å². The number of nitrogens with zero attached hydrogens (tertiary/aromatic N) is 2. The smallest absolute Gasteiger partial charge is 0.270 e. The minimum absolute atomic E-state index is 0.0609. The summed E-state index contributed by atoms with van der Waals surface area (Å²) in [5, 5.41) is 0.632. The Morgan fingerprint density at radius 1 is 1.30 bits per heavy atom. The predicted octanol–water partition coefficient (Wildman–Crippen LogP) is 1.86. The van der Waals surface area contributed by atoms with Gasteiger partial charge >= 0.3 is 0 Å². The summed E-state index contributed by atoms with van der Waals surface area (Å²) in [7, 11) is 1.05. The molecule has 0 aliphatic rings. The molecule has 0 saturated carbocycles. The maximum atomic E-state index is 12.5. The van der Waals surface area contributed by atoms with Crippen LogP contribution in [0.4, 0.5) is 0 Å². The summed E-state index contributed by atoms with van der Waals surface area (Å²) < 4.78 is 27.4. The normalized spacial score (nSPS) is 11.5. The number of halogens is 1. The third-order valence-corrected chi connectivity index (χ3v) is 5.09. The molecule has 0 spiro atoms. The van der Waals surface area contributed by atoms with E-state index >= 15 is 0 Å². The van der Waals surface area contributed by atoms with Crippen LogP contribution in [0.1, 0.15) is 16.1 Å². The fourth-order valence-corrected chi connectivity index (χ4v) is 3.07. The molecule has 0 fully saturated rings. The Labute approximate surface area is 140 Å². The second-order valence-electron chi connectivity index (χ2n) is 5.17. The van der Waals surface area contributed by atoms with Gasteiger partial charge in [0.15, 0.2) is 0 Å². The quantitative estimate of drug-likeness (QED) is 0.889. The number of hydrogen-bond acceptors (Lipinski definition) is 3. The Morgan fingerprint density at radius 2 is 1.91 bits per heavy atom. The van der Waals surface area contributed by atoms with Crippen LogP contribution in [-0.2, 0) is 23.6 Å². The van der Waals surface area contributed by atoms with Gasteiger partial charge in [0.05, 0.1) is 0 Å². The molecule has 1 N–H and O–H groups in total. The van der Waals surface area contributed by atoms with Gasteiger partial charge in [-0.1, -0.05) is 23.7 Å². The Morgan fingerprint density at radius 3 is 2.48 bits per heavy atom. The summed E-state index contributed by atoms with van der Waals surface area (Å²) in [6.07, 6.45) is 1.41. The molecule has 23 heavy (non-hydrogen) atoms. The fourth-order valence-electron chi connectivity index (χ4n) is 2.14. The topological polar surface area (TPSA) is 71.4 Å². The van der Waals surface area contributed by atoms with E-state index in [2.05, 4.69) is 4.72 Å². The summed E-state index contributed by atoms with van der Waals surface area (Å²) in [5.74, 6) is -0.264. The van der Waals surface area contributed by atoms with E-state index in [1.165, 1.54) is 28.8 Å². The summed E-state index contributed by atoms with van der Waals surface area (Å²) >= 11 is 5.84. The molecule has 0 aliphatic heterocycles. The first-order valence-electron chi connectivity index (χ1n) is 6.84. The third kappa shape index (κ3) is 3.93. The van der Waals surface area contributed by atoms with E-state index in [1.54, 1.807) is 26.2 Å². The van der Waals surface area contributed by atoms with Crippen LogP contribution in [-0.4, -0.2) is 37.9 Å². The Balaban J connectivity index is 2.21. The van der Waals surface area contributed by atoms with E-state index in [-0.39, 0.29) is 10.8 Å². The zero-order valence-corrected chi connectivity index (χ0v) is 14.6. The molecule has 0 saturated heterocycles. The first-order chi connectivity index (χ1) is 10.7. The van der Waals surface area contributed by atoms with Gasteiger partial charge in [0.1, 0.15) is 10.6 Å². The van der Waals surface area contributed by atoms with Crippen LogP contribution < -0.4 is 4.72 Å². The van der Waals surface area contributed by atoms with E-state index in [0.29, 0.717) is 17.3 Å². The van der Waals surface area contributed by atoms with Crippen molar-refractivity contribution < 1.29 is 13.2 Å². The number of aromatic nitrogens is 1. The van der Waals surface area contributed by atoms with Crippen molar-refractivity contribution >= 4 is 27.5 Å². The van der Waals surface area contributed by atoms with Crippen LogP contribution in [0.2, 0.25) is 5.02 Å². The van der Waals surface area contributed by atoms with Crippen molar-refractivity contribution in [3.05, 3.63) is 52.8 Å². The van der Waals surface area contributed by atoms with Gasteiger partial charge in [-0.3, -0.25) is 4.79 Å². The lowest BCUT2D eigenvalue weighted by Crippen LogP contribution is -2.27. The van der Waals surface area contributed by atoms with Crippen LogP contribution in [0.5, 0.6) is 0 Å². The van der Waals surface area contributed by atoms with Gasteiger partial charge in [-0.2, -0.15) is 0 Å². The molecule has 0 bridgehead atoms. The van der Waals surface area contributed by atoms with Crippen LogP contribution in [0.15, 0.2) is 41.4 Å². The van der Waals surface area contributed by atoms with Crippen LogP contribution in [0.3, 0.4) is 0 Å². The number of rotatable bonds is 5. The van der Waals surface area contributed by atoms with E-state index in [0.717, 1.165) is 5.56 Å². The molecule has 2 aromatic rings. The monoisotopic (exact) mass is 355 g/mol. The maximum absolute atomic E-state index is 12.5. The highest BCUT2D eigenvalue weighted by Gasteiger charge is 2.21. The number of carbonyl (C=O) groups is 1. The summed E-state index contributed by atoms with van der Waals surface area (Å²) in [6.45, 7) is 0.398. The molecule has 1 amide bonds. The van der Waals surface area contributed by atoms with Gasteiger partial charge < -0.3 is 9.47 Å². The van der Waals surface area contributed by atoms with Crippen molar-refractivity contribution in [1.82, 2.24) is 14.2 Å². The predicted molar refractivity (Wildman–Crippen MR) is 88.9 cm³/mol. The highest BCUT2D eigenvalue weighted by Crippen LogP contribution is 2.16. The highest BCUT2D eigenvalue weighted by molar-refractivity contribution is 7.89. The molecule has 6 nitrogen and oxygen atoms in total. The number of nitrogens with one attached hydrogen (secondary N) is 1. The molecule has 8 heteroatoms. The molecule has 124 valence electrons. The third-order valence-electron chi connectivity index (χ3n) is 3.46. The lowest BCUT2D eigenvalue weighted by Gasteiger charge is -2.17. The van der Waals surface area contributed by atoms with Gasteiger partial charge in [-0.05, 0) is 30.8 Å². The fraction of sp³-hybridized carbons (Fsp3) is 0.267. The highest BCUT2D eigenvalue weighted by atomic mass is 35.5. The molecule has 1 heterocycles. The van der Waals surface area contributed by atoms with Crippen LogP contribution >= 0.6 is 11.6 Å². The first kappa shape index (κ1) is 17.5. The van der Waals surface area contributed by atoms with Crippen molar-refractivity contribution in [2.45, 2.75) is 11.4 Å². The molecular formula is C15H18ClN3O3S. The van der Waals surface area contributed by atoms with Crippen molar-refractivity contribution in [1.29, 1.82) is 0 Å². The van der Waals surface area contributed by atoms with E-state index < -0.39 is 10.0 Å². The summed E-state index contributed by atoms with van der Waals surface area (Å²) in [6, 6.07) is 8.57. The van der Waals surface area contributed by atoms with Crippen LogP contribution in [0, 0.1) is 0 Å². The molecule has 2 rings (SSSR count). The summed E-state index contributed by atoms with van der Waals surface area (Å²) in [5.41, 5.74) is 1.23. The standard InChI is InChI=1S/C15H18ClN3O3S/c1-17-23(21,22)13-8-14(18(2)10-13)15(20)19(3)9-11-4-6-12(16)7-5-11/h4-8,10,17H,9H2,1-3H3. The molecule has 0 unspecified atom stereocenters. The lowest BCUT2D eigenvalue weighted by atomic mass is 10.2. The van der Waals surface area contributed by atoms with Crippen molar-refractivity contribution in [2.24, 2.45) is 7.05 Å². The minimum atomic E-state index is -3.58. The molecular weight excluding hydrogens is 338 g/mol. The number of hydrogen-bond donors (Lipinski definition) is 1. The second-order valence-corrected chi connectivity index (χ2v) is 7.49. The molecule has 1 aromatic heterocycles. The number of benzene rings is 1. The largest absolute Gasteiger partial charge is 0.345 e. The van der Waals surface area contributed by atoms with Crippen molar-refractivity contribution in [3.63, 3.8) is 0 Å². The lowest BCUT2D eigenvalue weighted by molar-refractivity contribution is 0.0775.